The number of hydrogen-bond donors (Lipinski definition) is 2. The Balaban J connectivity index is 2.69. The Morgan fingerprint density at radius 3 is 2.87 bits per heavy atom. The maximum Gasteiger partial charge on any atom is 0.308 e. The number of benzene rings is 1. The molecule has 0 radical (unpaired) electrons. The number of anilines is 1. The van der Waals surface area contributed by atoms with Crippen molar-refractivity contribution in [1.29, 1.82) is 0 Å². The van der Waals surface area contributed by atoms with Gasteiger partial charge in [0.2, 0.25) is 0 Å². The molecule has 0 aliphatic carbocycles. The van der Waals surface area contributed by atoms with Crippen LogP contribution in [0.15, 0.2) is 18.2 Å². The zero-order valence-corrected chi connectivity index (χ0v) is 8.88. The van der Waals surface area contributed by atoms with E-state index in [1.807, 2.05) is 0 Å². The second kappa shape index (κ2) is 4.98. The minimum Gasteiger partial charge on any atom is -0.481 e. The molecule has 0 fully saturated rings. The minimum absolute atomic E-state index is 0.135. The summed E-state index contributed by atoms with van der Waals surface area (Å²) in [6.07, 6.45) is 0. The Labute approximate surface area is 91.9 Å². The van der Waals surface area contributed by atoms with Gasteiger partial charge in [-0.25, -0.2) is 4.39 Å². The van der Waals surface area contributed by atoms with Crippen LogP contribution in [-0.4, -0.2) is 17.6 Å². The van der Waals surface area contributed by atoms with E-state index in [4.69, 9.17) is 16.7 Å². The summed E-state index contributed by atoms with van der Waals surface area (Å²) in [6.45, 7) is 1.67. The van der Waals surface area contributed by atoms with Crippen molar-refractivity contribution in [1.82, 2.24) is 0 Å². The summed E-state index contributed by atoms with van der Waals surface area (Å²) in [5.74, 6) is -2.02. The summed E-state index contributed by atoms with van der Waals surface area (Å²) >= 11 is 5.74. The van der Waals surface area contributed by atoms with Gasteiger partial charge in [0.1, 0.15) is 5.82 Å². The summed E-state index contributed by atoms with van der Waals surface area (Å²) in [5.41, 5.74) is 0.146. The third-order valence-corrected chi connectivity index (χ3v) is 2.28. The van der Waals surface area contributed by atoms with Crippen molar-refractivity contribution < 1.29 is 14.3 Å². The van der Waals surface area contributed by atoms with Crippen molar-refractivity contribution in [3.63, 3.8) is 0 Å². The lowest BCUT2D eigenvalue weighted by atomic mass is 10.2. The lowest BCUT2D eigenvalue weighted by Crippen LogP contribution is -2.20. The molecule has 0 aliphatic heterocycles. The lowest BCUT2D eigenvalue weighted by Gasteiger charge is -2.11. The summed E-state index contributed by atoms with van der Waals surface area (Å²) in [4.78, 5) is 10.5. The van der Waals surface area contributed by atoms with Crippen LogP contribution < -0.4 is 5.32 Å². The molecule has 1 aromatic rings. The van der Waals surface area contributed by atoms with Crippen LogP contribution in [0.2, 0.25) is 5.02 Å². The van der Waals surface area contributed by atoms with E-state index in [2.05, 4.69) is 5.32 Å². The molecule has 2 N–H and O–H groups in total. The van der Waals surface area contributed by atoms with Gasteiger partial charge in [-0.3, -0.25) is 4.79 Å². The highest BCUT2D eigenvalue weighted by atomic mass is 35.5. The second-order valence-corrected chi connectivity index (χ2v) is 3.62. The maximum atomic E-state index is 13.2. The molecule has 0 aliphatic rings. The van der Waals surface area contributed by atoms with E-state index in [-0.39, 0.29) is 17.3 Å². The molecule has 0 saturated heterocycles. The fraction of sp³-hybridized carbons (Fsp3) is 0.300. The van der Waals surface area contributed by atoms with Crippen LogP contribution in [0, 0.1) is 11.7 Å². The number of aliphatic carboxylic acids is 1. The molecule has 0 amide bonds. The minimum atomic E-state index is -0.935. The van der Waals surface area contributed by atoms with E-state index in [0.29, 0.717) is 0 Å². The number of halogens is 2. The fourth-order valence-corrected chi connectivity index (χ4v) is 1.24. The zero-order chi connectivity index (χ0) is 11.4. The van der Waals surface area contributed by atoms with Crippen molar-refractivity contribution in [2.45, 2.75) is 6.92 Å². The maximum absolute atomic E-state index is 13.2. The Morgan fingerprint density at radius 2 is 2.33 bits per heavy atom. The molecule has 1 unspecified atom stereocenters. The largest absolute Gasteiger partial charge is 0.481 e. The van der Waals surface area contributed by atoms with Crippen molar-refractivity contribution in [2.24, 2.45) is 5.92 Å². The smallest absolute Gasteiger partial charge is 0.308 e. The molecule has 0 heterocycles. The van der Waals surface area contributed by atoms with Crippen LogP contribution in [0.1, 0.15) is 6.92 Å². The highest BCUT2D eigenvalue weighted by Crippen LogP contribution is 2.24. The number of carboxylic acids is 1. The summed E-state index contributed by atoms with van der Waals surface area (Å²) in [6, 6.07) is 4.29. The number of para-hydroxylation sites is 1. The van der Waals surface area contributed by atoms with Gasteiger partial charge < -0.3 is 10.4 Å². The van der Waals surface area contributed by atoms with E-state index < -0.39 is 17.7 Å². The van der Waals surface area contributed by atoms with Gasteiger partial charge in [0.05, 0.1) is 16.6 Å². The van der Waals surface area contributed by atoms with Crippen LogP contribution in [0.25, 0.3) is 0 Å². The van der Waals surface area contributed by atoms with Gasteiger partial charge in [0, 0.05) is 6.54 Å². The van der Waals surface area contributed by atoms with Crippen LogP contribution in [0.5, 0.6) is 0 Å². The molecule has 0 saturated carbocycles. The SMILES string of the molecule is CC(CNc1c(F)cccc1Cl)C(=O)O. The van der Waals surface area contributed by atoms with Gasteiger partial charge in [0.25, 0.3) is 0 Å². The molecule has 1 aromatic carbocycles. The highest BCUT2D eigenvalue weighted by Gasteiger charge is 2.12. The normalized spacial score (nSPS) is 12.2. The monoisotopic (exact) mass is 231 g/mol. The van der Waals surface area contributed by atoms with E-state index >= 15 is 0 Å². The van der Waals surface area contributed by atoms with Crippen molar-refractivity contribution >= 4 is 23.3 Å². The quantitative estimate of drug-likeness (QED) is 0.838. The highest BCUT2D eigenvalue weighted by molar-refractivity contribution is 6.33. The number of hydrogen-bond acceptors (Lipinski definition) is 2. The van der Waals surface area contributed by atoms with Crippen LogP contribution in [-0.2, 0) is 4.79 Å². The van der Waals surface area contributed by atoms with Crippen molar-refractivity contribution in [3.05, 3.63) is 29.0 Å². The molecule has 0 aromatic heterocycles. The first-order valence-electron chi connectivity index (χ1n) is 4.43. The van der Waals surface area contributed by atoms with Gasteiger partial charge >= 0.3 is 5.97 Å². The fourth-order valence-electron chi connectivity index (χ4n) is 1.01. The van der Waals surface area contributed by atoms with Gasteiger partial charge in [0.15, 0.2) is 0 Å². The average Bonchev–Trinajstić information content (AvgIpc) is 2.16. The Hall–Kier alpha value is -1.29. The Bertz CT molecular complexity index is 350. The van der Waals surface area contributed by atoms with E-state index in [1.54, 1.807) is 6.07 Å². The zero-order valence-electron chi connectivity index (χ0n) is 8.13. The van der Waals surface area contributed by atoms with E-state index in [9.17, 15) is 9.18 Å². The molecule has 15 heavy (non-hydrogen) atoms. The first kappa shape index (κ1) is 11.8. The molecule has 3 nitrogen and oxygen atoms in total. The van der Waals surface area contributed by atoms with Crippen LogP contribution in [0.3, 0.4) is 0 Å². The summed E-state index contributed by atoms with van der Waals surface area (Å²) in [7, 11) is 0. The number of carboxylic acid groups (broad SMARTS) is 1. The number of nitrogens with one attached hydrogen (secondary N) is 1. The summed E-state index contributed by atoms with van der Waals surface area (Å²) in [5, 5.41) is 11.5. The average molecular weight is 232 g/mol. The topological polar surface area (TPSA) is 49.3 Å². The first-order valence-corrected chi connectivity index (χ1v) is 4.81. The Kier molecular flexibility index (Phi) is 3.91. The molecule has 0 spiro atoms. The molecule has 0 bridgehead atoms. The third kappa shape index (κ3) is 3.09. The first-order chi connectivity index (χ1) is 7.02. The van der Waals surface area contributed by atoms with E-state index in [1.165, 1.54) is 19.1 Å². The number of carbonyl (C=O) groups is 1. The number of rotatable bonds is 4. The Morgan fingerprint density at radius 1 is 1.67 bits per heavy atom. The van der Waals surface area contributed by atoms with E-state index in [0.717, 1.165) is 0 Å². The predicted octanol–water partition coefficient (Wildman–Crippen LogP) is 2.61. The van der Waals surface area contributed by atoms with Crippen molar-refractivity contribution in [2.75, 3.05) is 11.9 Å². The van der Waals surface area contributed by atoms with Gasteiger partial charge in [-0.15, -0.1) is 0 Å². The van der Waals surface area contributed by atoms with Crippen LogP contribution >= 0.6 is 11.6 Å². The van der Waals surface area contributed by atoms with Gasteiger partial charge in [-0.05, 0) is 12.1 Å². The molecule has 5 heteroatoms. The lowest BCUT2D eigenvalue weighted by molar-refractivity contribution is -0.140. The van der Waals surface area contributed by atoms with Crippen molar-refractivity contribution in [3.8, 4) is 0 Å². The molecule has 82 valence electrons. The third-order valence-electron chi connectivity index (χ3n) is 1.97. The molecule has 1 rings (SSSR count). The molecular weight excluding hydrogens is 221 g/mol. The molecule has 1 atom stereocenters. The summed E-state index contributed by atoms with van der Waals surface area (Å²) < 4.78 is 13.2. The second-order valence-electron chi connectivity index (χ2n) is 3.22. The predicted molar refractivity (Wildman–Crippen MR) is 56.7 cm³/mol. The standard InChI is InChI=1S/C10H11ClFNO2/c1-6(10(14)15)5-13-9-7(11)3-2-4-8(9)12/h2-4,6,13H,5H2,1H3,(H,14,15). The molecular formula is C10H11ClFNO2. The van der Waals surface area contributed by atoms with Gasteiger partial charge in [-0.1, -0.05) is 24.6 Å². The van der Waals surface area contributed by atoms with Gasteiger partial charge in [-0.2, -0.15) is 0 Å². The van der Waals surface area contributed by atoms with Crippen LogP contribution in [0.4, 0.5) is 10.1 Å².